The van der Waals surface area contributed by atoms with Crippen LogP contribution in [0.15, 0.2) is 29.3 Å². The second-order valence-corrected chi connectivity index (χ2v) is 3.71. The Bertz CT molecular complexity index is 484. The van der Waals surface area contributed by atoms with E-state index >= 15 is 0 Å². The number of aromatic nitrogens is 4. The van der Waals surface area contributed by atoms with Crippen LogP contribution in [-0.2, 0) is 6.54 Å². The lowest BCUT2D eigenvalue weighted by atomic mass is 10.3. The van der Waals surface area contributed by atoms with Crippen molar-refractivity contribution in [3.05, 3.63) is 40.6 Å². The van der Waals surface area contributed by atoms with Crippen molar-refractivity contribution in [1.29, 1.82) is 0 Å². The number of halogens is 1. The zero-order chi connectivity index (χ0) is 11.4. The summed E-state index contributed by atoms with van der Waals surface area (Å²) in [6.45, 7) is 0.306. The Kier molecular flexibility index (Phi) is 3.25. The largest absolute Gasteiger partial charge is 0.345 e. The van der Waals surface area contributed by atoms with Crippen molar-refractivity contribution in [3.63, 3.8) is 0 Å². The van der Waals surface area contributed by atoms with Crippen molar-refractivity contribution in [2.75, 3.05) is 0 Å². The summed E-state index contributed by atoms with van der Waals surface area (Å²) < 4.78 is 0.519. The highest BCUT2D eigenvalue weighted by Crippen LogP contribution is 2.11. The molecule has 0 bridgehead atoms. The van der Waals surface area contributed by atoms with Crippen molar-refractivity contribution in [2.24, 2.45) is 0 Å². The van der Waals surface area contributed by atoms with Gasteiger partial charge in [-0.05, 0) is 28.1 Å². The minimum atomic E-state index is -0.212. The maximum Gasteiger partial charge on any atom is 0.254 e. The molecule has 2 aromatic rings. The van der Waals surface area contributed by atoms with Gasteiger partial charge in [0, 0.05) is 6.20 Å². The Morgan fingerprint density at radius 1 is 1.50 bits per heavy atom. The van der Waals surface area contributed by atoms with Crippen molar-refractivity contribution < 1.29 is 4.79 Å². The number of carbonyl (C=O) groups is 1. The lowest BCUT2D eigenvalue weighted by Crippen LogP contribution is -2.24. The van der Waals surface area contributed by atoms with Crippen LogP contribution in [-0.4, -0.2) is 26.1 Å². The number of pyridine rings is 1. The molecule has 82 valence electrons. The highest BCUT2D eigenvalue weighted by atomic mass is 79.9. The average Bonchev–Trinajstić information content (AvgIpc) is 2.79. The molecule has 0 spiro atoms. The van der Waals surface area contributed by atoms with Crippen LogP contribution in [0.25, 0.3) is 0 Å². The van der Waals surface area contributed by atoms with E-state index < -0.39 is 0 Å². The van der Waals surface area contributed by atoms with Crippen LogP contribution >= 0.6 is 15.9 Å². The molecule has 16 heavy (non-hydrogen) atoms. The number of amides is 1. The third kappa shape index (κ3) is 2.43. The molecular formula is C9H8BrN5O. The monoisotopic (exact) mass is 281 g/mol. The molecule has 1 amide bonds. The van der Waals surface area contributed by atoms with Crippen molar-refractivity contribution in [1.82, 2.24) is 25.5 Å². The zero-order valence-electron chi connectivity index (χ0n) is 8.14. The van der Waals surface area contributed by atoms with E-state index in [1.165, 1.54) is 6.33 Å². The normalized spacial score (nSPS) is 10.1. The SMILES string of the molecule is O=C(NCc1ncn[nH]1)c1cccnc1Br. The first-order valence-corrected chi connectivity index (χ1v) is 5.29. The maximum atomic E-state index is 11.7. The number of aromatic amines is 1. The Morgan fingerprint density at radius 3 is 3.06 bits per heavy atom. The summed E-state index contributed by atoms with van der Waals surface area (Å²) in [4.78, 5) is 19.6. The van der Waals surface area contributed by atoms with Gasteiger partial charge in [-0.15, -0.1) is 0 Å². The van der Waals surface area contributed by atoms with Gasteiger partial charge in [-0.3, -0.25) is 9.89 Å². The first-order chi connectivity index (χ1) is 7.77. The Balaban J connectivity index is 2.01. The molecule has 0 saturated heterocycles. The van der Waals surface area contributed by atoms with Gasteiger partial charge in [0.05, 0.1) is 12.1 Å². The van der Waals surface area contributed by atoms with Gasteiger partial charge in [0.25, 0.3) is 5.91 Å². The topological polar surface area (TPSA) is 83.6 Å². The summed E-state index contributed by atoms with van der Waals surface area (Å²) in [5.41, 5.74) is 0.488. The Hall–Kier alpha value is -1.76. The smallest absolute Gasteiger partial charge is 0.254 e. The number of nitrogens with zero attached hydrogens (tertiary/aromatic N) is 3. The fourth-order valence-electron chi connectivity index (χ4n) is 1.13. The quantitative estimate of drug-likeness (QED) is 0.819. The van der Waals surface area contributed by atoms with E-state index in [-0.39, 0.29) is 5.91 Å². The number of carbonyl (C=O) groups excluding carboxylic acids is 1. The van der Waals surface area contributed by atoms with Crippen LogP contribution < -0.4 is 5.32 Å². The molecule has 0 aliphatic rings. The van der Waals surface area contributed by atoms with Crippen molar-refractivity contribution in [2.45, 2.75) is 6.54 Å². The van der Waals surface area contributed by atoms with Gasteiger partial charge in [0.15, 0.2) is 0 Å². The fourth-order valence-corrected chi connectivity index (χ4v) is 1.56. The second kappa shape index (κ2) is 4.84. The molecule has 0 unspecified atom stereocenters. The minimum Gasteiger partial charge on any atom is -0.345 e. The maximum absolute atomic E-state index is 11.7. The van der Waals surface area contributed by atoms with Crippen LogP contribution in [0.2, 0.25) is 0 Å². The van der Waals surface area contributed by atoms with E-state index in [9.17, 15) is 4.79 Å². The number of hydrogen-bond acceptors (Lipinski definition) is 4. The first-order valence-electron chi connectivity index (χ1n) is 4.50. The molecule has 2 aromatic heterocycles. The van der Waals surface area contributed by atoms with Gasteiger partial charge in [-0.2, -0.15) is 5.10 Å². The predicted molar refractivity (Wildman–Crippen MR) is 59.5 cm³/mol. The molecule has 0 radical (unpaired) electrons. The van der Waals surface area contributed by atoms with E-state index in [1.807, 2.05) is 0 Å². The Labute approximate surface area is 99.6 Å². The molecule has 0 saturated carbocycles. The van der Waals surface area contributed by atoms with Gasteiger partial charge in [-0.1, -0.05) is 0 Å². The van der Waals surface area contributed by atoms with E-state index in [4.69, 9.17) is 0 Å². The van der Waals surface area contributed by atoms with Crippen LogP contribution in [0.4, 0.5) is 0 Å². The lowest BCUT2D eigenvalue weighted by molar-refractivity contribution is 0.0948. The van der Waals surface area contributed by atoms with E-state index in [0.717, 1.165) is 0 Å². The van der Waals surface area contributed by atoms with Gasteiger partial charge in [0.1, 0.15) is 16.8 Å². The summed E-state index contributed by atoms with van der Waals surface area (Å²) in [6, 6.07) is 3.39. The molecule has 6 nitrogen and oxygen atoms in total. The minimum absolute atomic E-state index is 0.212. The Morgan fingerprint density at radius 2 is 2.38 bits per heavy atom. The summed E-state index contributed by atoms with van der Waals surface area (Å²) in [6.07, 6.45) is 3.00. The third-order valence-corrected chi connectivity index (χ3v) is 2.52. The number of nitrogens with one attached hydrogen (secondary N) is 2. The molecule has 0 aliphatic heterocycles. The number of rotatable bonds is 3. The van der Waals surface area contributed by atoms with Gasteiger partial charge in [-0.25, -0.2) is 9.97 Å². The highest BCUT2D eigenvalue weighted by Gasteiger charge is 2.09. The summed E-state index contributed by atoms with van der Waals surface area (Å²) >= 11 is 3.21. The number of H-pyrrole nitrogens is 1. The molecule has 0 fully saturated rings. The van der Waals surface area contributed by atoms with Crippen molar-refractivity contribution >= 4 is 21.8 Å². The average molecular weight is 282 g/mol. The van der Waals surface area contributed by atoms with Gasteiger partial charge in [0.2, 0.25) is 0 Å². The third-order valence-electron chi connectivity index (χ3n) is 1.89. The van der Waals surface area contributed by atoms with Crippen LogP contribution in [0.1, 0.15) is 16.2 Å². The van der Waals surface area contributed by atoms with Crippen LogP contribution in [0.3, 0.4) is 0 Å². The molecular weight excluding hydrogens is 274 g/mol. The van der Waals surface area contributed by atoms with Crippen molar-refractivity contribution in [3.8, 4) is 0 Å². The zero-order valence-corrected chi connectivity index (χ0v) is 9.73. The van der Waals surface area contributed by atoms with Crippen LogP contribution in [0.5, 0.6) is 0 Å². The molecule has 0 aromatic carbocycles. The summed E-state index contributed by atoms with van der Waals surface area (Å²) in [5.74, 6) is 0.393. The standard InChI is InChI=1S/C9H8BrN5O/c10-8-6(2-1-3-11-8)9(16)12-4-7-13-5-14-15-7/h1-3,5H,4H2,(H,12,16)(H,13,14,15). The fraction of sp³-hybridized carbons (Fsp3) is 0.111. The van der Waals surface area contributed by atoms with Gasteiger partial charge >= 0.3 is 0 Å². The molecule has 0 atom stereocenters. The first kappa shape index (κ1) is 10.7. The molecule has 7 heteroatoms. The van der Waals surface area contributed by atoms with E-state index in [1.54, 1.807) is 18.3 Å². The lowest BCUT2D eigenvalue weighted by Gasteiger charge is -2.03. The summed E-state index contributed by atoms with van der Waals surface area (Å²) in [5, 5.41) is 9.04. The molecule has 2 rings (SSSR count). The van der Waals surface area contributed by atoms with Crippen LogP contribution in [0, 0.1) is 0 Å². The summed E-state index contributed by atoms with van der Waals surface area (Å²) in [7, 11) is 0. The molecule has 2 heterocycles. The molecule has 0 aliphatic carbocycles. The molecule has 2 N–H and O–H groups in total. The number of hydrogen-bond donors (Lipinski definition) is 2. The highest BCUT2D eigenvalue weighted by molar-refractivity contribution is 9.10. The van der Waals surface area contributed by atoms with Gasteiger partial charge < -0.3 is 5.32 Å². The predicted octanol–water partition coefficient (Wildman–Crippen LogP) is 0.892. The van der Waals surface area contributed by atoms with E-state index in [2.05, 4.69) is 41.4 Å². The van der Waals surface area contributed by atoms with E-state index in [0.29, 0.717) is 22.5 Å². The second-order valence-electron chi connectivity index (χ2n) is 2.96.